The molecule has 0 unspecified atom stereocenters. The average molecular weight is 288 g/mol. The van der Waals surface area contributed by atoms with Crippen molar-refractivity contribution in [2.45, 2.75) is 71.1 Å². The summed E-state index contributed by atoms with van der Waals surface area (Å²) in [6, 6.07) is 10.0. The third-order valence-corrected chi connectivity index (χ3v) is 3.86. The lowest BCUT2D eigenvalue weighted by Gasteiger charge is -2.02. The summed E-state index contributed by atoms with van der Waals surface area (Å²) >= 11 is 0. The zero-order chi connectivity index (χ0) is 15.2. The van der Waals surface area contributed by atoms with E-state index in [9.17, 15) is 0 Å². The molecule has 0 aliphatic rings. The van der Waals surface area contributed by atoms with Crippen molar-refractivity contribution in [1.82, 2.24) is 0 Å². The number of hydrogen-bond acceptors (Lipinski definition) is 1. The molecule has 2 N–H and O–H groups in total. The molecule has 0 aliphatic carbocycles. The third-order valence-electron chi connectivity index (χ3n) is 3.86. The minimum absolute atomic E-state index is 0.673. The first-order chi connectivity index (χ1) is 10.3. The van der Waals surface area contributed by atoms with Crippen LogP contribution in [-0.2, 0) is 0 Å². The van der Waals surface area contributed by atoms with Gasteiger partial charge in [0, 0.05) is 12.1 Å². The lowest BCUT2D eigenvalue weighted by molar-refractivity contribution is 0.558. The largest absolute Gasteiger partial charge is 0.384 e. The fourth-order valence-electron chi connectivity index (χ4n) is 2.50. The minimum atomic E-state index is 0.673. The van der Waals surface area contributed by atoms with Crippen molar-refractivity contribution in [2.24, 2.45) is 10.7 Å². The Balaban J connectivity index is 1.95. The molecule has 0 saturated heterocycles. The summed E-state index contributed by atoms with van der Waals surface area (Å²) < 4.78 is 0. The molecule has 0 aromatic heterocycles. The molecule has 1 aromatic carbocycles. The molecular weight excluding hydrogens is 256 g/mol. The molecule has 0 bridgehead atoms. The van der Waals surface area contributed by atoms with Crippen molar-refractivity contribution in [3.05, 3.63) is 35.9 Å². The summed E-state index contributed by atoms with van der Waals surface area (Å²) in [6.45, 7) is 3.13. The number of unbranched alkanes of at least 4 members (excludes halogenated alkanes) is 9. The predicted molar refractivity (Wildman–Crippen MR) is 93.9 cm³/mol. The van der Waals surface area contributed by atoms with Crippen LogP contribution in [0.3, 0.4) is 0 Å². The SMILES string of the molecule is CCCCCCCCCCCCN=C(N)c1ccccc1. The highest BCUT2D eigenvalue weighted by Crippen LogP contribution is 2.10. The molecule has 118 valence electrons. The second kappa shape index (κ2) is 12.4. The van der Waals surface area contributed by atoms with E-state index >= 15 is 0 Å². The van der Waals surface area contributed by atoms with Crippen LogP contribution >= 0.6 is 0 Å². The van der Waals surface area contributed by atoms with Crippen molar-refractivity contribution in [1.29, 1.82) is 0 Å². The van der Waals surface area contributed by atoms with E-state index in [2.05, 4.69) is 11.9 Å². The van der Waals surface area contributed by atoms with E-state index in [1.807, 2.05) is 30.3 Å². The summed E-state index contributed by atoms with van der Waals surface area (Å²) in [5.41, 5.74) is 7.00. The van der Waals surface area contributed by atoms with Crippen LogP contribution in [0.5, 0.6) is 0 Å². The molecule has 0 aliphatic heterocycles. The quantitative estimate of drug-likeness (QED) is 0.316. The van der Waals surface area contributed by atoms with Crippen LogP contribution in [0.25, 0.3) is 0 Å². The molecular formula is C19H32N2. The highest BCUT2D eigenvalue weighted by Gasteiger charge is 1.96. The fraction of sp³-hybridized carbons (Fsp3) is 0.632. The number of amidine groups is 1. The Morgan fingerprint density at radius 2 is 1.33 bits per heavy atom. The first kappa shape index (κ1) is 17.7. The number of rotatable bonds is 12. The van der Waals surface area contributed by atoms with Crippen LogP contribution in [0.4, 0.5) is 0 Å². The molecule has 0 atom stereocenters. The third kappa shape index (κ3) is 9.28. The van der Waals surface area contributed by atoms with Crippen molar-refractivity contribution in [3.63, 3.8) is 0 Å². The number of nitrogens with zero attached hydrogens (tertiary/aromatic N) is 1. The first-order valence-corrected chi connectivity index (χ1v) is 8.70. The Morgan fingerprint density at radius 1 is 0.810 bits per heavy atom. The Kier molecular flexibility index (Phi) is 10.5. The maximum absolute atomic E-state index is 5.97. The molecule has 1 rings (SSSR count). The maximum atomic E-state index is 5.97. The maximum Gasteiger partial charge on any atom is 0.125 e. The van der Waals surface area contributed by atoms with Crippen molar-refractivity contribution in [2.75, 3.05) is 6.54 Å². The summed E-state index contributed by atoms with van der Waals surface area (Å²) in [7, 11) is 0. The topological polar surface area (TPSA) is 38.4 Å². The van der Waals surface area contributed by atoms with Crippen LogP contribution in [-0.4, -0.2) is 12.4 Å². The van der Waals surface area contributed by atoms with Gasteiger partial charge in [-0.2, -0.15) is 0 Å². The minimum Gasteiger partial charge on any atom is -0.384 e. The molecule has 0 amide bonds. The Labute approximate surface area is 130 Å². The van der Waals surface area contributed by atoms with Gasteiger partial charge in [-0.15, -0.1) is 0 Å². The van der Waals surface area contributed by atoms with Gasteiger partial charge in [-0.3, -0.25) is 4.99 Å². The van der Waals surface area contributed by atoms with Crippen LogP contribution in [0, 0.1) is 0 Å². The van der Waals surface area contributed by atoms with E-state index in [1.54, 1.807) is 0 Å². The van der Waals surface area contributed by atoms with E-state index in [1.165, 1.54) is 57.8 Å². The zero-order valence-corrected chi connectivity index (χ0v) is 13.7. The smallest absolute Gasteiger partial charge is 0.125 e. The monoisotopic (exact) mass is 288 g/mol. The van der Waals surface area contributed by atoms with Gasteiger partial charge in [-0.05, 0) is 6.42 Å². The van der Waals surface area contributed by atoms with Crippen molar-refractivity contribution in [3.8, 4) is 0 Å². The molecule has 0 spiro atoms. The summed E-state index contributed by atoms with van der Waals surface area (Å²) in [4.78, 5) is 4.46. The van der Waals surface area contributed by atoms with E-state index in [4.69, 9.17) is 5.73 Å². The molecule has 0 saturated carbocycles. The zero-order valence-electron chi connectivity index (χ0n) is 13.7. The van der Waals surface area contributed by atoms with Gasteiger partial charge < -0.3 is 5.73 Å². The van der Waals surface area contributed by atoms with E-state index in [-0.39, 0.29) is 0 Å². The van der Waals surface area contributed by atoms with Gasteiger partial charge >= 0.3 is 0 Å². The number of hydrogen-bond donors (Lipinski definition) is 1. The van der Waals surface area contributed by atoms with Crippen molar-refractivity contribution >= 4 is 5.84 Å². The molecule has 0 heterocycles. The molecule has 0 fully saturated rings. The van der Waals surface area contributed by atoms with Gasteiger partial charge in [0.05, 0.1) is 0 Å². The fourth-order valence-corrected chi connectivity index (χ4v) is 2.50. The standard InChI is InChI=1S/C19H32N2/c1-2-3-4-5-6-7-8-9-10-14-17-21-19(20)18-15-12-11-13-16-18/h11-13,15-16H,2-10,14,17H2,1H3,(H2,20,21). The summed E-state index contributed by atoms with van der Waals surface area (Å²) in [5, 5.41) is 0. The predicted octanol–water partition coefficient (Wildman–Crippen LogP) is 5.31. The summed E-state index contributed by atoms with van der Waals surface area (Å²) in [6.07, 6.45) is 13.6. The number of aliphatic imine (C=N–C) groups is 1. The van der Waals surface area contributed by atoms with Crippen LogP contribution in [0.2, 0.25) is 0 Å². The number of nitrogens with two attached hydrogens (primary N) is 1. The lowest BCUT2D eigenvalue weighted by Crippen LogP contribution is -2.13. The van der Waals surface area contributed by atoms with Crippen LogP contribution in [0.1, 0.15) is 76.7 Å². The molecule has 2 heteroatoms. The lowest BCUT2D eigenvalue weighted by atomic mass is 10.1. The molecule has 0 radical (unpaired) electrons. The highest BCUT2D eigenvalue weighted by molar-refractivity contribution is 5.97. The molecule has 1 aromatic rings. The normalized spacial score (nSPS) is 11.8. The Morgan fingerprint density at radius 3 is 1.90 bits per heavy atom. The average Bonchev–Trinajstić information content (AvgIpc) is 2.53. The Hall–Kier alpha value is -1.31. The van der Waals surface area contributed by atoms with Gasteiger partial charge in [-0.1, -0.05) is 95.0 Å². The van der Waals surface area contributed by atoms with Gasteiger partial charge in [0.1, 0.15) is 5.84 Å². The van der Waals surface area contributed by atoms with E-state index < -0.39 is 0 Å². The van der Waals surface area contributed by atoms with Crippen LogP contribution in [0.15, 0.2) is 35.3 Å². The van der Waals surface area contributed by atoms with E-state index in [0.717, 1.165) is 18.5 Å². The number of benzene rings is 1. The van der Waals surface area contributed by atoms with Gasteiger partial charge in [-0.25, -0.2) is 0 Å². The molecule has 2 nitrogen and oxygen atoms in total. The van der Waals surface area contributed by atoms with E-state index in [0.29, 0.717) is 5.84 Å². The molecule has 21 heavy (non-hydrogen) atoms. The Bertz CT molecular complexity index is 370. The van der Waals surface area contributed by atoms with Gasteiger partial charge in [0.25, 0.3) is 0 Å². The van der Waals surface area contributed by atoms with Crippen molar-refractivity contribution < 1.29 is 0 Å². The highest BCUT2D eigenvalue weighted by atomic mass is 14.8. The second-order valence-electron chi connectivity index (χ2n) is 5.81. The first-order valence-electron chi connectivity index (χ1n) is 8.70. The van der Waals surface area contributed by atoms with Crippen LogP contribution < -0.4 is 5.73 Å². The second-order valence-corrected chi connectivity index (χ2v) is 5.81. The van der Waals surface area contributed by atoms with Gasteiger partial charge in [0.15, 0.2) is 0 Å². The summed E-state index contributed by atoms with van der Waals surface area (Å²) in [5.74, 6) is 0.673. The van der Waals surface area contributed by atoms with Gasteiger partial charge in [0.2, 0.25) is 0 Å².